The van der Waals surface area contributed by atoms with Crippen molar-refractivity contribution in [2.24, 2.45) is 0 Å². The first kappa shape index (κ1) is 29.0. The summed E-state index contributed by atoms with van der Waals surface area (Å²) in [5, 5.41) is 3.10. The van der Waals surface area contributed by atoms with Crippen molar-refractivity contribution in [2.75, 3.05) is 24.5 Å². The van der Waals surface area contributed by atoms with Crippen molar-refractivity contribution in [1.82, 2.24) is 10.2 Å². The first-order chi connectivity index (χ1) is 18.1. The van der Waals surface area contributed by atoms with E-state index in [1.807, 2.05) is 13.8 Å². The van der Waals surface area contributed by atoms with Gasteiger partial charge in [0.25, 0.3) is 10.0 Å². The molecule has 202 valence electrons. The van der Waals surface area contributed by atoms with Gasteiger partial charge in [0.1, 0.15) is 18.3 Å². The molecule has 38 heavy (non-hydrogen) atoms. The van der Waals surface area contributed by atoms with Crippen LogP contribution in [0.1, 0.15) is 25.0 Å². The number of ether oxygens (including phenoxy) is 1. The lowest BCUT2D eigenvalue weighted by Gasteiger charge is -2.31. The molecule has 3 aromatic rings. The topological polar surface area (TPSA) is 96.0 Å². The fourth-order valence-electron chi connectivity index (χ4n) is 3.82. The van der Waals surface area contributed by atoms with E-state index in [1.165, 1.54) is 24.1 Å². The molecule has 2 amide bonds. The van der Waals surface area contributed by atoms with Gasteiger partial charge in [0.2, 0.25) is 11.8 Å². The monoisotopic (exact) mass is 557 g/mol. The molecule has 0 aromatic heterocycles. The van der Waals surface area contributed by atoms with E-state index in [0.29, 0.717) is 23.1 Å². The summed E-state index contributed by atoms with van der Waals surface area (Å²) in [4.78, 5) is 27.6. The molecule has 0 aliphatic carbocycles. The molecule has 10 heteroatoms. The minimum absolute atomic E-state index is 0.0120. The lowest BCUT2D eigenvalue weighted by atomic mass is 10.1. The summed E-state index contributed by atoms with van der Waals surface area (Å²) < 4.78 is 34.1. The molecular formula is C28H32ClN3O5S. The summed E-state index contributed by atoms with van der Waals surface area (Å²) in [6.07, 6.45) is 0. The van der Waals surface area contributed by atoms with Crippen molar-refractivity contribution in [1.29, 1.82) is 0 Å². The van der Waals surface area contributed by atoms with Crippen molar-refractivity contribution in [2.45, 2.75) is 38.3 Å². The Hall–Kier alpha value is -3.56. The van der Waals surface area contributed by atoms with Crippen LogP contribution in [0.5, 0.6) is 5.75 Å². The Bertz CT molecular complexity index is 1340. The van der Waals surface area contributed by atoms with E-state index in [-0.39, 0.29) is 17.3 Å². The van der Waals surface area contributed by atoms with E-state index in [9.17, 15) is 18.0 Å². The molecular weight excluding hydrogens is 526 g/mol. The van der Waals surface area contributed by atoms with Crippen LogP contribution in [-0.2, 0) is 26.2 Å². The lowest BCUT2D eigenvalue weighted by Crippen LogP contribution is -2.50. The molecule has 0 aliphatic rings. The number of hydrogen-bond donors (Lipinski definition) is 1. The second-order valence-corrected chi connectivity index (χ2v) is 11.0. The minimum Gasteiger partial charge on any atom is -0.494 e. The number of sulfonamides is 1. The number of anilines is 1. The van der Waals surface area contributed by atoms with Crippen LogP contribution in [0.3, 0.4) is 0 Å². The maximum atomic E-state index is 13.8. The molecule has 8 nitrogen and oxygen atoms in total. The average Bonchev–Trinajstić information content (AvgIpc) is 2.91. The van der Waals surface area contributed by atoms with Crippen LogP contribution in [0.25, 0.3) is 0 Å². The van der Waals surface area contributed by atoms with Gasteiger partial charge in [-0.05, 0) is 74.9 Å². The number of benzene rings is 3. The van der Waals surface area contributed by atoms with Crippen LogP contribution in [0.15, 0.2) is 77.7 Å². The molecule has 0 heterocycles. The number of amides is 2. The molecule has 0 saturated carbocycles. The summed E-state index contributed by atoms with van der Waals surface area (Å²) in [5.41, 5.74) is 2.02. The van der Waals surface area contributed by atoms with Crippen LogP contribution in [-0.4, -0.2) is 51.4 Å². The smallest absolute Gasteiger partial charge is 0.264 e. The number of rotatable bonds is 11. The predicted octanol–water partition coefficient (Wildman–Crippen LogP) is 4.41. The van der Waals surface area contributed by atoms with Crippen molar-refractivity contribution >= 4 is 39.1 Å². The lowest BCUT2D eigenvalue weighted by molar-refractivity contribution is -0.139. The molecule has 0 spiro atoms. The molecule has 0 radical (unpaired) electrons. The molecule has 0 fully saturated rings. The molecule has 3 aromatic carbocycles. The van der Waals surface area contributed by atoms with Gasteiger partial charge in [0.15, 0.2) is 0 Å². The zero-order valence-electron chi connectivity index (χ0n) is 21.8. The molecule has 0 unspecified atom stereocenters. The number of likely N-dealkylation sites (N-methyl/N-ethyl adjacent to an activating group) is 1. The number of carbonyl (C=O) groups excluding carboxylic acids is 2. The van der Waals surface area contributed by atoms with E-state index in [1.54, 1.807) is 67.6 Å². The fraction of sp³-hybridized carbons (Fsp3) is 0.286. The maximum Gasteiger partial charge on any atom is 0.264 e. The quantitative estimate of drug-likeness (QED) is 0.377. The highest BCUT2D eigenvalue weighted by Gasteiger charge is 2.32. The third kappa shape index (κ3) is 7.05. The summed E-state index contributed by atoms with van der Waals surface area (Å²) >= 11 is 6.00. The SMILES string of the molecule is CCOc1ccc(S(=O)(=O)N(CC(=O)N(Cc2ccc(Cl)cc2)[C@H](C)C(=O)NC)c2ccc(C)cc2)cc1. The average molecular weight is 558 g/mol. The van der Waals surface area contributed by atoms with E-state index >= 15 is 0 Å². The largest absolute Gasteiger partial charge is 0.494 e. The summed E-state index contributed by atoms with van der Waals surface area (Å²) in [7, 11) is -2.66. The number of nitrogens with zero attached hydrogens (tertiary/aromatic N) is 2. The van der Waals surface area contributed by atoms with E-state index in [4.69, 9.17) is 16.3 Å². The van der Waals surface area contributed by atoms with Crippen molar-refractivity contribution < 1.29 is 22.7 Å². The summed E-state index contributed by atoms with van der Waals surface area (Å²) in [5.74, 6) is -0.368. The Morgan fingerprint density at radius 1 is 0.974 bits per heavy atom. The fourth-order valence-corrected chi connectivity index (χ4v) is 5.36. The highest BCUT2D eigenvalue weighted by atomic mass is 35.5. The first-order valence-corrected chi connectivity index (χ1v) is 14.0. The van der Waals surface area contributed by atoms with E-state index in [0.717, 1.165) is 15.4 Å². The second kappa shape index (κ2) is 12.8. The molecule has 1 atom stereocenters. The Balaban J connectivity index is 2.00. The third-order valence-electron chi connectivity index (χ3n) is 6.00. The summed E-state index contributed by atoms with van der Waals surface area (Å²) in [6, 6.07) is 19.0. The molecule has 1 N–H and O–H groups in total. The predicted molar refractivity (Wildman–Crippen MR) is 149 cm³/mol. The highest BCUT2D eigenvalue weighted by molar-refractivity contribution is 7.92. The van der Waals surface area contributed by atoms with Crippen LogP contribution < -0.4 is 14.4 Å². The van der Waals surface area contributed by atoms with Crippen LogP contribution in [0.4, 0.5) is 5.69 Å². The molecule has 0 aliphatic heterocycles. The van der Waals surface area contributed by atoms with Gasteiger partial charge in [0.05, 0.1) is 17.2 Å². The van der Waals surface area contributed by atoms with Crippen molar-refractivity contribution in [3.05, 3.63) is 88.9 Å². The molecule has 0 bridgehead atoms. The van der Waals surface area contributed by atoms with Crippen LogP contribution in [0, 0.1) is 6.92 Å². The van der Waals surface area contributed by atoms with E-state index < -0.39 is 28.5 Å². The normalized spacial score (nSPS) is 11.9. The highest BCUT2D eigenvalue weighted by Crippen LogP contribution is 2.26. The van der Waals surface area contributed by atoms with Crippen molar-refractivity contribution in [3.8, 4) is 5.75 Å². The summed E-state index contributed by atoms with van der Waals surface area (Å²) in [6.45, 7) is 5.36. The van der Waals surface area contributed by atoms with Crippen LogP contribution >= 0.6 is 11.6 Å². The minimum atomic E-state index is -4.14. The van der Waals surface area contributed by atoms with Gasteiger partial charge in [-0.15, -0.1) is 0 Å². The molecule has 3 rings (SSSR count). The van der Waals surface area contributed by atoms with E-state index in [2.05, 4.69) is 5.32 Å². The Labute approximate surface area is 229 Å². The number of halogens is 1. The zero-order chi connectivity index (χ0) is 27.9. The van der Waals surface area contributed by atoms with Gasteiger partial charge in [-0.1, -0.05) is 41.4 Å². The standard InChI is InChI=1S/C28H32ClN3O5S/c1-5-37-25-14-16-26(17-15-25)38(35,36)32(24-12-6-20(2)7-13-24)19-27(33)31(21(3)28(34)30-4)18-22-8-10-23(29)11-9-22/h6-17,21H,5,18-19H2,1-4H3,(H,30,34)/t21-/m1/s1. The van der Waals surface area contributed by atoms with Crippen molar-refractivity contribution in [3.63, 3.8) is 0 Å². The maximum absolute atomic E-state index is 13.8. The van der Waals surface area contributed by atoms with Gasteiger partial charge in [0, 0.05) is 18.6 Å². The number of hydrogen-bond acceptors (Lipinski definition) is 5. The van der Waals surface area contributed by atoms with Gasteiger partial charge in [-0.25, -0.2) is 8.42 Å². The third-order valence-corrected chi connectivity index (χ3v) is 8.04. The van der Waals surface area contributed by atoms with Crippen LogP contribution in [0.2, 0.25) is 5.02 Å². The van der Waals surface area contributed by atoms with Gasteiger partial charge in [-0.3, -0.25) is 13.9 Å². The molecule has 0 saturated heterocycles. The van der Waals surface area contributed by atoms with Gasteiger partial charge >= 0.3 is 0 Å². The number of nitrogens with one attached hydrogen (secondary N) is 1. The van der Waals surface area contributed by atoms with Gasteiger partial charge < -0.3 is 15.0 Å². The second-order valence-electron chi connectivity index (χ2n) is 8.69. The first-order valence-electron chi connectivity index (χ1n) is 12.1. The Morgan fingerprint density at radius 2 is 1.58 bits per heavy atom. The zero-order valence-corrected chi connectivity index (χ0v) is 23.4. The number of carbonyl (C=O) groups is 2. The Kier molecular flexibility index (Phi) is 9.77. The Morgan fingerprint density at radius 3 is 2.13 bits per heavy atom. The van der Waals surface area contributed by atoms with Gasteiger partial charge in [-0.2, -0.15) is 0 Å². The number of aryl methyl sites for hydroxylation is 1.